The van der Waals surface area contributed by atoms with Crippen molar-refractivity contribution in [2.45, 2.75) is 13.3 Å². The van der Waals surface area contributed by atoms with E-state index in [1.54, 1.807) is 12.3 Å². The molecule has 0 aliphatic heterocycles. The van der Waals surface area contributed by atoms with E-state index in [0.717, 1.165) is 11.6 Å². The zero-order valence-corrected chi connectivity index (χ0v) is 18.1. The first-order valence-corrected chi connectivity index (χ1v) is 10.1. The quantitative estimate of drug-likeness (QED) is 0.401. The van der Waals surface area contributed by atoms with E-state index in [9.17, 15) is 14.4 Å². The summed E-state index contributed by atoms with van der Waals surface area (Å²) < 4.78 is 15.9. The molecule has 4 aromatic rings. The average Bonchev–Trinajstić information content (AvgIpc) is 2.76. The third-order valence-corrected chi connectivity index (χ3v) is 5.13. The summed E-state index contributed by atoms with van der Waals surface area (Å²) in [6.45, 7) is 2.00. The second kappa shape index (κ2) is 8.68. The molecule has 1 aromatic carbocycles. The second-order valence-electron chi connectivity index (χ2n) is 7.12. The summed E-state index contributed by atoms with van der Waals surface area (Å²) in [5.74, 6) is -0.433. The molecule has 0 aliphatic carbocycles. The molecule has 0 radical (unpaired) electrons. The van der Waals surface area contributed by atoms with Gasteiger partial charge in [-0.2, -0.15) is 15.2 Å². The van der Waals surface area contributed by atoms with Crippen LogP contribution in [0.4, 0.5) is 22.0 Å². The largest absolute Gasteiger partial charge is 0.382 e. The molecule has 0 amide bonds. The van der Waals surface area contributed by atoms with Crippen LogP contribution in [0.1, 0.15) is 17.0 Å². The Kier molecular flexibility index (Phi) is 5.76. The van der Waals surface area contributed by atoms with Crippen molar-refractivity contribution in [3.63, 3.8) is 0 Å². The third-order valence-electron chi connectivity index (χ3n) is 4.82. The highest BCUT2D eigenvalue weighted by molar-refractivity contribution is 6.35. The number of nitrogens with one attached hydrogen (secondary N) is 1. The number of nitrogen functional groups attached to an aromatic ring is 2. The Morgan fingerprint density at radius 3 is 2.76 bits per heavy atom. The van der Waals surface area contributed by atoms with E-state index in [4.69, 9.17) is 23.1 Å². The number of aromatic nitrogens is 5. The van der Waals surface area contributed by atoms with Crippen molar-refractivity contribution >= 4 is 40.1 Å². The molecule has 0 atom stereocenters. The molecule has 3 heterocycles. The Morgan fingerprint density at radius 2 is 2.03 bits per heavy atom. The molecule has 0 saturated heterocycles. The molecule has 3 aromatic heterocycles. The number of pyridine rings is 1. The van der Waals surface area contributed by atoms with Gasteiger partial charge in [-0.05, 0) is 30.7 Å². The van der Waals surface area contributed by atoms with Gasteiger partial charge in [0.25, 0.3) is 5.56 Å². The first kappa shape index (κ1) is 21.9. The number of benzene rings is 1. The first-order valence-electron chi connectivity index (χ1n) is 9.68. The van der Waals surface area contributed by atoms with E-state index in [2.05, 4.69) is 25.3 Å². The van der Waals surface area contributed by atoms with Gasteiger partial charge in [-0.15, -0.1) is 0 Å². The number of fused-ring (bicyclic) bond motifs is 1. The number of rotatable bonds is 5. The fraction of sp³-hybridized carbons (Fsp3) is 0.143. The normalized spacial score (nSPS) is 10.8. The van der Waals surface area contributed by atoms with Gasteiger partial charge in [0.15, 0.2) is 5.82 Å². The number of nitrogens with zero attached hydrogens (tertiary/aromatic N) is 6. The number of aryl methyl sites for hydroxylation is 1. The number of anilines is 3. The number of hydrogen-bond donors (Lipinski definition) is 3. The van der Waals surface area contributed by atoms with Crippen LogP contribution in [0.25, 0.3) is 16.6 Å². The van der Waals surface area contributed by atoms with Crippen LogP contribution in [0.5, 0.6) is 0 Å². The highest BCUT2D eigenvalue weighted by Gasteiger charge is 2.18. The second-order valence-corrected chi connectivity index (χ2v) is 7.53. The minimum atomic E-state index is -0.668. The van der Waals surface area contributed by atoms with Gasteiger partial charge in [-0.25, -0.2) is 9.37 Å². The Labute approximate surface area is 191 Å². The Bertz CT molecular complexity index is 1500. The van der Waals surface area contributed by atoms with Crippen molar-refractivity contribution in [1.82, 2.24) is 24.5 Å². The summed E-state index contributed by atoms with van der Waals surface area (Å²) >= 11 is 6.21. The van der Waals surface area contributed by atoms with Gasteiger partial charge in [0.05, 0.1) is 22.3 Å². The number of nitrogens with two attached hydrogens (primary N) is 2. The van der Waals surface area contributed by atoms with Crippen LogP contribution >= 0.6 is 11.6 Å². The van der Waals surface area contributed by atoms with E-state index in [-0.39, 0.29) is 57.9 Å². The summed E-state index contributed by atoms with van der Waals surface area (Å²) in [6.07, 6.45) is 3.30. The highest BCUT2D eigenvalue weighted by Crippen LogP contribution is 2.24. The van der Waals surface area contributed by atoms with Crippen LogP contribution in [0.15, 0.2) is 35.4 Å². The van der Waals surface area contributed by atoms with Gasteiger partial charge in [0.2, 0.25) is 5.95 Å². The Balaban J connectivity index is 1.80. The summed E-state index contributed by atoms with van der Waals surface area (Å²) in [5.41, 5.74) is 12.0. The van der Waals surface area contributed by atoms with Crippen molar-refractivity contribution in [2.75, 3.05) is 23.3 Å². The van der Waals surface area contributed by atoms with Gasteiger partial charge in [0.1, 0.15) is 34.6 Å². The summed E-state index contributed by atoms with van der Waals surface area (Å²) in [4.78, 5) is 29.7. The lowest BCUT2D eigenvalue weighted by Crippen LogP contribution is -2.26. The highest BCUT2D eigenvalue weighted by atomic mass is 35.5. The zero-order valence-electron chi connectivity index (χ0n) is 17.3. The van der Waals surface area contributed by atoms with Crippen molar-refractivity contribution in [1.29, 1.82) is 5.26 Å². The fourth-order valence-electron chi connectivity index (χ4n) is 3.38. The molecule has 12 heteroatoms. The van der Waals surface area contributed by atoms with Crippen LogP contribution in [0, 0.1) is 24.1 Å². The van der Waals surface area contributed by atoms with Gasteiger partial charge in [-0.3, -0.25) is 14.3 Å². The maximum Gasteiger partial charge on any atom is 0.267 e. The minimum Gasteiger partial charge on any atom is -0.382 e. The molecule has 0 spiro atoms. The van der Waals surface area contributed by atoms with E-state index in [0.29, 0.717) is 5.69 Å². The molecule has 0 bridgehead atoms. The maximum atomic E-state index is 14.5. The predicted octanol–water partition coefficient (Wildman–Crippen LogP) is 2.36. The number of nitriles is 1. The maximum absolute atomic E-state index is 14.5. The molecule has 0 unspecified atom stereocenters. The van der Waals surface area contributed by atoms with Gasteiger partial charge >= 0.3 is 0 Å². The van der Waals surface area contributed by atoms with Crippen molar-refractivity contribution in [3.05, 3.63) is 68.7 Å². The van der Waals surface area contributed by atoms with Gasteiger partial charge < -0.3 is 16.8 Å². The first-order chi connectivity index (χ1) is 15.8. The molecule has 33 heavy (non-hydrogen) atoms. The molecular weight excluding hydrogens is 449 g/mol. The number of hydrogen-bond acceptors (Lipinski definition) is 9. The smallest absolute Gasteiger partial charge is 0.267 e. The summed E-state index contributed by atoms with van der Waals surface area (Å²) in [7, 11) is 0. The SMILES string of the molecule is Cc1cncc(-n2c(CCNc3nc(N)nc(N)c3C#N)nc3c(F)ccc(Cl)c3c2=O)c1. The van der Waals surface area contributed by atoms with Crippen molar-refractivity contribution < 1.29 is 4.39 Å². The van der Waals surface area contributed by atoms with E-state index in [1.165, 1.54) is 16.8 Å². The molecule has 166 valence electrons. The summed E-state index contributed by atoms with van der Waals surface area (Å²) in [6, 6.07) is 6.15. The number of halogens is 2. The standard InChI is InChI=1S/C21H17ClFN9O/c1-10-6-11(9-27-8-10)32-15(29-17-14(23)3-2-13(22)16(17)20(32)33)4-5-28-19-12(7-24)18(25)30-21(26)31-19/h2-3,6,8-9H,4-5H2,1H3,(H5,25,26,28,30,31). The molecule has 5 N–H and O–H groups in total. The molecule has 0 fully saturated rings. The van der Waals surface area contributed by atoms with Gasteiger partial charge in [-0.1, -0.05) is 11.6 Å². The van der Waals surface area contributed by atoms with Crippen LogP contribution in [-0.4, -0.2) is 31.0 Å². The van der Waals surface area contributed by atoms with Crippen LogP contribution in [0.3, 0.4) is 0 Å². The fourth-order valence-corrected chi connectivity index (χ4v) is 3.62. The lowest BCUT2D eigenvalue weighted by atomic mass is 10.2. The molecule has 0 aliphatic rings. The summed E-state index contributed by atoms with van der Waals surface area (Å²) in [5, 5.41) is 12.3. The average molecular weight is 466 g/mol. The molecule has 4 rings (SSSR count). The van der Waals surface area contributed by atoms with Crippen LogP contribution < -0.4 is 22.3 Å². The van der Waals surface area contributed by atoms with Crippen molar-refractivity contribution in [2.24, 2.45) is 0 Å². The molecular formula is C21H17ClFN9O. The topological polar surface area (TPSA) is 161 Å². The predicted molar refractivity (Wildman–Crippen MR) is 123 cm³/mol. The van der Waals surface area contributed by atoms with E-state index >= 15 is 0 Å². The van der Waals surface area contributed by atoms with Crippen molar-refractivity contribution in [3.8, 4) is 11.8 Å². The van der Waals surface area contributed by atoms with Crippen LogP contribution in [0.2, 0.25) is 5.02 Å². The monoisotopic (exact) mass is 465 g/mol. The lowest BCUT2D eigenvalue weighted by Gasteiger charge is -2.15. The molecule has 0 saturated carbocycles. The molecule has 10 nitrogen and oxygen atoms in total. The Morgan fingerprint density at radius 1 is 1.24 bits per heavy atom. The third kappa shape index (κ3) is 4.11. The lowest BCUT2D eigenvalue weighted by molar-refractivity contribution is 0.634. The minimum absolute atomic E-state index is 0.0296. The van der Waals surface area contributed by atoms with E-state index in [1.807, 2.05) is 13.0 Å². The Hall–Kier alpha value is -4.30. The van der Waals surface area contributed by atoms with Gasteiger partial charge in [0, 0.05) is 19.2 Å². The van der Waals surface area contributed by atoms with Crippen LogP contribution in [-0.2, 0) is 6.42 Å². The van der Waals surface area contributed by atoms with E-state index < -0.39 is 11.4 Å². The zero-order chi connectivity index (χ0) is 23.7.